The van der Waals surface area contributed by atoms with Gasteiger partial charge in [-0.2, -0.15) is 0 Å². The Balaban J connectivity index is 1.03. The van der Waals surface area contributed by atoms with Gasteiger partial charge < -0.3 is 4.57 Å². The molecule has 0 bridgehead atoms. The summed E-state index contributed by atoms with van der Waals surface area (Å²) in [5.74, 6) is 2.90. The fraction of sp³-hybridized carbons (Fsp3) is 0.0164. The molecule has 1 aliphatic heterocycles. The van der Waals surface area contributed by atoms with E-state index in [9.17, 15) is 0 Å². The van der Waals surface area contributed by atoms with Crippen LogP contribution in [0.4, 0.5) is 0 Å². The maximum atomic E-state index is 5.19. The second kappa shape index (κ2) is 19.2. The van der Waals surface area contributed by atoms with Gasteiger partial charge in [0.25, 0.3) is 0 Å². The Bertz CT molecular complexity index is 3610. The van der Waals surface area contributed by atoms with Crippen LogP contribution in [0, 0.1) is 0 Å². The Morgan fingerprint density at radius 1 is 0.551 bits per heavy atom. The van der Waals surface area contributed by atoms with E-state index in [1.54, 1.807) is 11.8 Å². The predicted octanol–water partition coefficient (Wildman–Crippen LogP) is 14.8. The van der Waals surface area contributed by atoms with E-state index in [0.717, 1.165) is 88.0 Å². The molecular weight excluding hydrogens is 863 g/mol. The van der Waals surface area contributed by atoms with Crippen LogP contribution < -0.4 is 0 Å². The van der Waals surface area contributed by atoms with Crippen molar-refractivity contribution in [1.82, 2.24) is 19.5 Å². The molecule has 8 heteroatoms. The van der Waals surface area contributed by atoms with Crippen LogP contribution in [-0.2, 0) is 6.54 Å². The zero-order valence-electron chi connectivity index (χ0n) is 37.5. The zero-order chi connectivity index (χ0) is 46.5. The van der Waals surface area contributed by atoms with Crippen LogP contribution in [0.25, 0.3) is 72.8 Å². The van der Waals surface area contributed by atoms with Crippen LogP contribution in [0.1, 0.15) is 27.8 Å². The average molecular weight is 906 g/mol. The van der Waals surface area contributed by atoms with Gasteiger partial charge in [-0.15, -0.1) is 0 Å². The maximum absolute atomic E-state index is 5.19. The SMILES string of the molecule is C=NC(=NC(=NCc1ccccc1)c1ccccc1)c1cccc2c1S/C=C\C(c1ccc3c(c1)c1c(-c4nc(-c5ccccc5)nc(-c5ccccc5)n4)cccc1n3-c1ccccc1)=C/C2=C. The third kappa shape index (κ3) is 8.68. The molecule has 2 aromatic heterocycles. The number of para-hydroxylation sites is 1. The quantitative estimate of drug-likeness (QED) is 0.107. The van der Waals surface area contributed by atoms with Gasteiger partial charge in [0.2, 0.25) is 0 Å². The van der Waals surface area contributed by atoms with Gasteiger partial charge in [0, 0.05) is 49.2 Å². The first-order chi connectivity index (χ1) is 34.1. The Kier molecular flexibility index (Phi) is 11.9. The van der Waals surface area contributed by atoms with E-state index in [4.69, 9.17) is 24.9 Å². The maximum Gasteiger partial charge on any atom is 0.164 e. The smallest absolute Gasteiger partial charge is 0.164 e. The molecule has 69 heavy (non-hydrogen) atoms. The number of allylic oxidation sites excluding steroid dienone is 4. The topological polar surface area (TPSA) is 80.7 Å². The van der Waals surface area contributed by atoms with Crippen molar-refractivity contribution in [1.29, 1.82) is 0 Å². The first kappa shape index (κ1) is 42.8. The lowest BCUT2D eigenvalue weighted by molar-refractivity contribution is 1.06. The van der Waals surface area contributed by atoms with E-state index in [1.165, 1.54) is 0 Å². The zero-order valence-corrected chi connectivity index (χ0v) is 38.3. The molecule has 0 amide bonds. The predicted molar refractivity (Wildman–Crippen MR) is 288 cm³/mol. The summed E-state index contributed by atoms with van der Waals surface area (Å²) in [5.41, 5.74) is 12.7. The van der Waals surface area contributed by atoms with Crippen molar-refractivity contribution >= 4 is 63.1 Å². The van der Waals surface area contributed by atoms with Gasteiger partial charge in [-0.25, -0.2) is 24.9 Å². The van der Waals surface area contributed by atoms with Gasteiger partial charge in [0.05, 0.1) is 17.6 Å². The molecule has 0 saturated heterocycles. The van der Waals surface area contributed by atoms with Crippen molar-refractivity contribution in [3.05, 3.63) is 258 Å². The standard InChI is InChI=1S/C61H43N7S/c1-41-38-47(36-37-69-56-49(41)30-18-32-51(56)60(62-2)64-57(43-22-10-4-11-23-43)63-40-42-20-8-3-9-21-42)46-34-35-53-52(39-46)55-50(31-19-33-54(55)68(53)48-28-16-7-17-29-48)61-66-58(44-24-12-5-13-25-44)65-59(67-61)45-26-14-6-15-27-45/h3-39H,1-2,40H2/b37-36-,47-38+,63-57?,64-60?. The molecular formula is C61H43N7S. The molecule has 11 rings (SSSR count). The minimum atomic E-state index is 0.482. The number of hydrogen-bond acceptors (Lipinski definition) is 5. The second-order valence-corrected chi connectivity index (χ2v) is 17.4. The summed E-state index contributed by atoms with van der Waals surface area (Å²) < 4.78 is 2.33. The van der Waals surface area contributed by atoms with Gasteiger partial charge in [-0.05, 0) is 88.5 Å². The highest BCUT2D eigenvalue weighted by atomic mass is 32.2. The molecule has 0 atom stereocenters. The van der Waals surface area contributed by atoms with E-state index in [-0.39, 0.29) is 0 Å². The lowest BCUT2D eigenvalue weighted by Gasteiger charge is -2.16. The highest BCUT2D eigenvalue weighted by molar-refractivity contribution is 8.02. The normalized spacial score (nSPS) is 14.1. The van der Waals surface area contributed by atoms with Crippen molar-refractivity contribution in [3.8, 4) is 39.9 Å². The number of rotatable bonds is 9. The number of aliphatic imine (C=N–C) groups is 3. The summed E-state index contributed by atoms with van der Waals surface area (Å²) in [7, 11) is 0. The average Bonchev–Trinajstić information content (AvgIpc) is 3.75. The van der Waals surface area contributed by atoms with Gasteiger partial charge in [0.1, 0.15) is 0 Å². The Morgan fingerprint density at radius 3 is 1.84 bits per heavy atom. The number of nitrogens with zero attached hydrogens (tertiary/aromatic N) is 7. The molecule has 8 aromatic carbocycles. The van der Waals surface area contributed by atoms with E-state index in [0.29, 0.717) is 35.7 Å². The third-order valence-electron chi connectivity index (χ3n) is 12.1. The minimum Gasteiger partial charge on any atom is -0.309 e. The highest BCUT2D eigenvalue weighted by Gasteiger charge is 2.22. The fourth-order valence-electron chi connectivity index (χ4n) is 8.79. The molecule has 1 aliphatic rings. The number of benzene rings is 8. The molecule has 0 aliphatic carbocycles. The van der Waals surface area contributed by atoms with Crippen molar-refractivity contribution < 1.29 is 0 Å². The lowest BCUT2D eigenvalue weighted by Crippen LogP contribution is -2.07. The number of thioether (sulfide) groups is 1. The minimum absolute atomic E-state index is 0.482. The van der Waals surface area contributed by atoms with E-state index in [1.807, 2.05) is 127 Å². The van der Waals surface area contributed by atoms with Crippen LogP contribution in [0.3, 0.4) is 0 Å². The molecule has 3 heterocycles. The van der Waals surface area contributed by atoms with E-state index < -0.39 is 0 Å². The van der Waals surface area contributed by atoms with Gasteiger partial charge in [-0.3, -0.25) is 4.99 Å². The van der Waals surface area contributed by atoms with Crippen LogP contribution in [0.5, 0.6) is 0 Å². The van der Waals surface area contributed by atoms with Crippen molar-refractivity contribution in [3.63, 3.8) is 0 Å². The van der Waals surface area contributed by atoms with Crippen LogP contribution in [0.2, 0.25) is 0 Å². The number of hydrogen-bond donors (Lipinski definition) is 0. The monoisotopic (exact) mass is 905 g/mol. The number of amidine groups is 2. The summed E-state index contributed by atoms with van der Waals surface area (Å²) in [6, 6.07) is 70.2. The van der Waals surface area contributed by atoms with Crippen LogP contribution >= 0.6 is 11.8 Å². The molecule has 328 valence electrons. The highest BCUT2D eigenvalue weighted by Crippen LogP contribution is 2.42. The molecule has 0 N–H and O–H groups in total. The molecule has 0 unspecified atom stereocenters. The van der Waals surface area contributed by atoms with Gasteiger partial charge in [-0.1, -0.05) is 188 Å². The lowest BCUT2D eigenvalue weighted by atomic mass is 9.96. The van der Waals surface area contributed by atoms with Gasteiger partial charge in [0.15, 0.2) is 29.1 Å². The largest absolute Gasteiger partial charge is 0.309 e. The first-order valence-electron chi connectivity index (χ1n) is 22.7. The summed E-state index contributed by atoms with van der Waals surface area (Å²) in [6.45, 7) is 9.11. The van der Waals surface area contributed by atoms with Crippen LogP contribution in [-0.4, -0.2) is 37.9 Å². The summed E-state index contributed by atoms with van der Waals surface area (Å²) in [6.07, 6.45) is 4.32. The Morgan fingerprint density at radius 2 is 1.16 bits per heavy atom. The Hall–Kier alpha value is -8.85. The van der Waals surface area contributed by atoms with E-state index in [2.05, 4.69) is 119 Å². The molecule has 10 aromatic rings. The van der Waals surface area contributed by atoms with Gasteiger partial charge >= 0.3 is 0 Å². The Labute approximate surface area is 405 Å². The van der Waals surface area contributed by atoms with Crippen molar-refractivity contribution in [2.24, 2.45) is 15.0 Å². The third-order valence-corrected chi connectivity index (χ3v) is 13.0. The molecule has 0 radical (unpaired) electrons. The second-order valence-electron chi connectivity index (χ2n) is 16.5. The molecule has 7 nitrogen and oxygen atoms in total. The number of fused-ring (bicyclic) bond motifs is 4. The summed E-state index contributed by atoms with van der Waals surface area (Å²) in [4.78, 5) is 30.9. The number of aromatic nitrogens is 4. The fourth-order valence-corrected chi connectivity index (χ4v) is 9.75. The van der Waals surface area contributed by atoms with Crippen molar-refractivity contribution in [2.75, 3.05) is 0 Å². The van der Waals surface area contributed by atoms with Crippen LogP contribution in [0.15, 0.2) is 250 Å². The molecule has 0 spiro atoms. The van der Waals surface area contributed by atoms with Crippen molar-refractivity contribution in [2.45, 2.75) is 11.4 Å². The summed E-state index contributed by atoms with van der Waals surface area (Å²) >= 11 is 1.62. The molecule has 0 fully saturated rings. The molecule has 0 saturated carbocycles. The van der Waals surface area contributed by atoms with E-state index >= 15 is 0 Å². The summed E-state index contributed by atoms with van der Waals surface area (Å²) in [5, 5.41) is 4.25. The first-order valence-corrected chi connectivity index (χ1v) is 23.5.